The van der Waals surface area contributed by atoms with Crippen LogP contribution in [0.2, 0.25) is 0 Å². The molecule has 1 aliphatic heterocycles. The molecule has 1 saturated heterocycles. The first-order valence-corrected chi connectivity index (χ1v) is 6.96. The predicted molar refractivity (Wildman–Crippen MR) is 69.1 cm³/mol. The molecule has 0 aromatic carbocycles. The van der Waals surface area contributed by atoms with Crippen LogP contribution in [0.1, 0.15) is 39.5 Å². The van der Waals surface area contributed by atoms with Crippen LogP contribution in [0.25, 0.3) is 0 Å². The predicted octanol–water partition coefficient (Wildman–Crippen LogP) is 1.66. The number of hydrogen-bond donors (Lipinski definition) is 1. The number of urea groups is 1. The van der Waals surface area contributed by atoms with Gasteiger partial charge in [0, 0.05) is 38.3 Å². The molecule has 2 amide bonds. The molecule has 17 heavy (non-hydrogen) atoms. The van der Waals surface area contributed by atoms with Crippen LogP contribution >= 0.6 is 0 Å². The molecule has 2 aliphatic rings. The van der Waals surface area contributed by atoms with Crippen molar-refractivity contribution in [3.05, 3.63) is 0 Å². The average Bonchev–Trinajstić information content (AvgIpc) is 2.82. The lowest BCUT2D eigenvalue weighted by Gasteiger charge is -2.37. The summed E-state index contributed by atoms with van der Waals surface area (Å²) in [6, 6.07) is 1.18. The molecule has 1 saturated carbocycles. The van der Waals surface area contributed by atoms with E-state index in [1.54, 1.807) is 0 Å². The SMILES string of the molecule is CC(C)N1CCN(C(=O)NC2CCCC2)CC1. The lowest BCUT2D eigenvalue weighted by Crippen LogP contribution is -2.54. The molecule has 0 aromatic rings. The van der Waals surface area contributed by atoms with Gasteiger partial charge in [0.05, 0.1) is 0 Å². The second kappa shape index (κ2) is 5.71. The summed E-state index contributed by atoms with van der Waals surface area (Å²) < 4.78 is 0. The second-order valence-electron chi connectivity index (χ2n) is 5.55. The maximum absolute atomic E-state index is 12.0. The van der Waals surface area contributed by atoms with E-state index in [1.165, 1.54) is 12.8 Å². The van der Waals surface area contributed by atoms with Crippen LogP contribution in [0.15, 0.2) is 0 Å². The molecular formula is C13H25N3O. The molecule has 4 heteroatoms. The number of carbonyl (C=O) groups is 1. The van der Waals surface area contributed by atoms with Crippen molar-refractivity contribution >= 4 is 6.03 Å². The zero-order chi connectivity index (χ0) is 12.3. The van der Waals surface area contributed by atoms with E-state index < -0.39 is 0 Å². The highest BCUT2D eigenvalue weighted by Crippen LogP contribution is 2.18. The topological polar surface area (TPSA) is 35.6 Å². The van der Waals surface area contributed by atoms with Gasteiger partial charge in [-0.3, -0.25) is 4.90 Å². The van der Waals surface area contributed by atoms with Gasteiger partial charge in [-0.25, -0.2) is 4.79 Å². The molecule has 98 valence electrons. The Morgan fingerprint density at radius 1 is 1.12 bits per heavy atom. The smallest absolute Gasteiger partial charge is 0.317 e. The molecule has 0 aromatic heterocycles. The lowest BCUT2D eigenvalue weighted by atomic mass is 10.2. The highest BCUT2D eigenvalue weighted by atomic mass is 16.2. The largest absolute Gasteiger partial charge is 0.335 e. The molecule has 1 heterocycles. The summed E-state index contributed by atoms with van der Waals surface area (Å²) in [6.07, 6.45) is 4.87. The van der Waals surface area contributed by atoms with Gasteiger partial charge >= 0.3 is 6.03 Å². The summed E-state index contributed by atoms with van der Waals surface area (Å²) in [5, 5.41) is 3.16. The van der Waals surface area contributed by atoms with E-state index in [1.807, 2.05) is 4.90 Å². The number of hydrogen-bond acceptors (Lipinski definition) is 2. The number of amides is 2. The summed E-state index contributed by atoms with van der Waals surface area (Å²) in [6.45, 7) is 8.20. The van der Waals surface area contributed by atoms with Crippen molar-refractivity contribution in [2.75, 3.05) is 26.2 Å². The minimum Gasteiger partial charge on any atom is -0.335 e. The van der Waals surface area contributed by atoms with Crippen molar-refractivity contribution in [1.82, 2.24) is 15.1 Å². The van der Waals surface area contributed by atoms with Crippen LogP contribution in [0.4, 0.5) is 4.79 Å². The van der Waals surface area contributed by atoms with Crippen molar-refractivity contribution in [3.8, 4) is 0 Å². The molecule has 1 aliphatic carbocycles. The molecular weight excluding hydrogens is 214 g/mol. The fraction of sp³-hybridized carbons (Fsp3) is 0.923. The monoisotopic (exact) mass is 239 g/mol. The Morgan fingerprint density at radius 3 is 2.24 bits per heavy atom. The van der Waals surface area contributed by atoms with Gasteiger partial charge < -0.3 is 10.2 Å². The van der Waals surface area contributed by atoms with Crippen LogP contribution in [0, 0.1) is 0 Å². The van der Waals surface area contributed by atoms with Gasteiger partial charge in [-0.05, 0) is 26.7 Å². The van der Waals surface area contributed by atoms with E-state index in [-0.39, 0.29) is 6.03 Å². The van der Waals surface area contributed by atoms with E-state index in [0.717, 1.165) is 39.0 Å². The molecule has 0 radical (unpaired) electrons. The Labute approximate surface area is 104 Å². The van der Waals surface area contributed by atoms with Crippen molar-refractivity contribution in [2.24, 2.45) is 0 Å². The fourth-order valence-electron chi connectivity index (χ4n) is 2.78. The summed E-state index contributed by atoms with van der Waals surface area (Å²) in [4.78, 5) is 16.4. The quantitative estimate of drug-likeness (QED) is 0.795. The summed E-state index contributed by atoms with van der Waals surface area (Å²) >= 11 is 0. The minimum absolute atomic E-state index is 0.153. The van der Waals surface area contributed by atoms with E-state index in [0.29, 0.717) is 12.1 Å². The third-order valence-corrected chi connectivity index (χ3v) is 4.01. The van der Waals surface area contributed by atoms with Gasteiger partial charge in [0.15, 0.2) is 0 Å². The second-order valence-corrected chi connectivity index (χ2v) is 5.55. The Bertz CT molecular complexity index is 253. The van der Waals surface area contributed by atoms with Crippen LogP contribution < -0.4 is 5.32 Å². The molecule has 0 bridgehead atoms. The van der Waals surface area contributed by atoms with Crippen molar-refractivity contribution in [3.63, 3.8) is 0 Å². The van der Waals surface area contributed by atoms with Crippen LogP contribution in [-0.2, 0) is 0 Å². The van der Waals surface area contributed by atoms with Gasteiger partial charge in [-0.1, -0.05) is 12.8 Å². The third kappa shape index (κ3) is 3.35. The normalized spacial score (nSPS) is 23.4. The van der Waals surface area contributed by atoms with Gasteiger partial charge in [-0.15, -0.1) is 0 Å². The van der Waals surface area contributed by atoms with E-state index in [9.17, 15) is 4.79 Å². The zero-order valence-electron chi connectivity index (χ0n) is 11.1. The molecule has 0 unspecified atom stereocenters. The van der Waals surface area contributed by atoms with Crippen LogP contribution in [0.3, 0.4) is 0 Å². The van der Waals surface area contributed by atoms with Crippen molar-refractivity contribution < 1.29 is 4.79 Å². The van der Waals surface area contributed by atoms with Gasteiger partial charge in [0.1, 0.15) is 0 Å². The first kappa shape index (κ1) is 12.7. The summed E-state index contributed by atoms with van der Waals surface area (Å²) in [5.74, 6) is 0. The van der Waals surface area contributed by atoms with Gasteiger partial charge in [0.2, 0.25) is 0 Å². The van der Waals surface area contributed by atoms with Crippen LogP contribution in [0.5, 0.6) is 0 Å². The summed E-state index contributed by atoms with van der Waals surface area (Å²) in [7, 11) is 0. The standard InChI is InChI=1S/C13H25N3O/c1-11(2)15-7-9-16(10-8-15)13(17)14-12-5-3-4-6-12/h11-12H,3-10H2,1-2H3,(H,14,17). The number of piperazine rings is 1. The van der Waals surface area contributed by atoms with E-state index >= 15 is 0 Å². The highest BCUT2D eigenvalue weighted by molar-refractivity contribution is 5.74. The first-order chi connectivity index (χ1) is 8.16. The third-order valence-electron chi connectivity index (χ3n) is 4.01. The maximum Gasteiger partial charge on any atom is 0.317 e. The number of nitrogens with one attached hydrogen (secondary N) is 1. The number of rotatable bonds is 2. The Hall–Kier alpha value is -0.770. The lowest BCUT2D eigenvalue weighted by molar-refractivity contribution is 0.118. The van der Waals surface area contributed by atoms with Crippen molar-refractivity contribution in [2.45, 2.75) is 51.6 Å². The number of nitrogens with zero attached hydrogens (tertiary/aromatic N) is 2. The Morgan fingerprint density at radius 2 is 1.71 bits per heavy atom. The Kier molecular flexibility index (Phi) is 4.26. The number of carbonyl (C=O) groups excluding carboxylic acids is 1. The molecule has 0 spiro atoms. The summed E-state index contributed by atoms with van der Waals surface area (Å²) in [5.41, 5.74) is 0. The minimum atomic E-state index is 0.153. The molecule has 4 nitrogen and oxygen atoms in total. The molecule has 1 N–H and O–H groups in total. The van der Waals surface area contributed by atoms with Gasteiger partial charge in [-0.2, -0.15) is 0 Å². The van der Waals surface area contributed by atoms with Crippen molar-refractivity contribution in [1.29, 1.82) is 0 Å². The van der Waals surface area contributed by atoms with E-state index in [2.05, 4.69) is 24.1 Å². The highest BCUT2D eigenvalue weighted by Gasteiger charge is 2.24. The van der Waals surface area contributed by atoms with E-state index in [4.69, 9.17) is 0 Å². The first-order valence-electron chi connectivity index (χ1n) is 6.96. The molecule has 2 rings (SSSR count). The average molecular weight is 239 g/mol. The fourth-order valence-corrected chi connectivity index (χ4v) is 2.78. The Balaban J connectivity index is 1.74. The van der Waals surface area contributed by atoms with Gasteiger partial charge in [0.25, 0.3) is 0 Å². The zero-order valence-corrected chi connectivity index (χ0v) is 11.1. The molecule has 0 atom stereocenters. The maximum atomic E-state index is 12.0. The molecule has 2 fully saturated rings. The van der Waals surface area contributed by atoms with Crippen LogP contribution in [-0.4, -0.2) is 54.1 Å².